The monoisotopic (exact) mass is 399 g/mol. The van der Waals surface area contributed by atoms with Crippen LogP contribution >= 0.6 is 0 Å². The molecule has 0 aromatic heterocycles. The average molecular weight is 399 g/mol. The molecule has 1 aliphatic heterocycles. The molecule has 0 unspecified atom stereocenters. The van der Waals surface area contributed by atoms with Gasteiger partial charge in [-0.25, -0.2) is 0 Å². The number of ether oxygens (including phenoxy) is 3. The molecule has 3 aromatic rings. The van der Waals surface area contributed by atoms with Crippen molar-refractivity contribution in [2.24, 2.45) is 5.92 Å². The molecule has 1 heterocycles. The standard InChI is InChI=1S/C26H25NO3/c1-28-24-14-11-17(15-25(24)29-2)26-21-10-6-9-20(21)22-16-19(12-13-23(22)27-26)30-18-7-4-3-5-8-18/h3-9,11-16,20-21,26-27H,10H2,1-2H3/t20-,21+,26+/m1/s1. The summed E-state index contributed by atoms with van der Waals surface area (Å²) in [7, 11) is 3.35. The van der Waals surface area contributed by atoms with E-state index < -0.39 is 0 Å². The smallest absolute Gasteiger partial charge is 0.161 e. The van der Waals surface area contributed by atoms with Crippen LogP contribution in [0.25, 0.3) is 0 Å². The molecule has 1 aliphatic carbocycles. The number of methoxy groups -OCH3 is 2. The number of nitrogens with one attached hydrogen (secondary N) is 1. The molecule has 4 nitrogen and oxygen atoms in total. The molecule has 3 aromatic carbocycles. The number of hydrogen-bond acceptors (Lipinski definition) is 4. The van der Waals surface area contributed by atoms with E-state index in [0.29, 0.717) is 11.8 Å². The second-order valence-electron chi connectivity index (χ2n) is 7.75. The summed E-state index contributed by atoms with van der Waals surface area (Å²) in [5.41, 5.74) is 3.66. The van der Waals surface area contributed by atoms with E-state index in [2.05, 4.69) is 41.7 Å². The Kier molecular flexibility index (Phi) is 4.83. The van der Waals surface area contributed by atoms with Gasteiger partial charge in [0.1, 0.15) is 11.5 Å². The minimum absolute atomic E-state index is 0.207. The Bertz CT molecular complexity index is 1080. The van der Waals surface area contributed by atoms with Crippen LogP contribution in [0, 0.1) is 5.92 Å². The van der Waals surface area contributed by atoms with Crippen LogP contribution in [0.1, 0.15) is 29.5 Å². The summed E-state index contributed by atoms with van der Waals surface area (Å²) in [5, 5.41) is 3.77. The fraction of sp³-hybridized carbons (Fsp3) is 0.231. The van der Waals surface area contributed by atoms with Gasteiger partial charge in [0.2, 0.25) is 0 Å². The van der Waals surface area contributed by atoms with Crippen molar-refractivity contribution >= 4 is 5.69 Å². The SMILES string of the molecule is COc1ccc([C@@H]2Nc3ccc(Oc4ccccc4)cc3[C@@H]3C=CC[C@@H]32)cc1OC. The quantitative estimate of drug-likeness (QED) is 0.510. The zero-order valence-electron chi connectivity index (χ0n) is 17.2. The van der Waals surface area contributed by atoms with E-state index in [1.807, 2.05) is 42.5 Å². The number of hydrogen-bond donors (Lipinski definition) is 1. The van der Waals surface area contributed by atoms with Gasteiger partial charge in [-0.3, -0.25) is 0 Å². The Hall–Kier alpha value is -3.40. The zero-order valence-corrected chi connectivity index (χ0v) is 17.2. The summed E-state index contributed by atoms with van der Waals surface area (Å²) in [6.07, 6.45) is 5.68. The van der Waals surface area contributed by atoms with Crippen LogP contribution in [0.3, 0.4) is 0 Å². The van der Waals surface area contributed by atoms with Crippen LogP contribution in [-0.2, 0) is 0 Å². The van der Waals surface area contributed by atoms with Crippen LogP contribution in [0.5, 0.6) is 23.0 Å². The third-order valence-corrected chi connectivity index (χ3v) is 6.08. The van der Waals surface area contributed by atoms with Crippen LogP contribution in [0.15, 0.2) is 78.9 Å². The molecule has 5 rings (SSSR count). The van der Waals surface area contributed by atoms with E-state index in [-0.39, 0.29) is 6.04 Å². The van der Waals surface area contributed by atoms with Crippen LogP contribution in [-0.4, -0.2) is 14.2 Å². The number of para-hydroxylation sites is 1. The highest BCUT2D eigenvalue weighted by atomic mass is 16.5. The molecule has 0 saturated heterocycles. The van der Waals surface area contributed by atoms with Crippen molar-refractivity contribution in [1.82, 2.24) is 0 Å². The van der Waals surface area contributed by atoms with Gasteiger partial charge in [0.05, 0.1) is 20.3 Å². The highest BCUT2D eigenvalue weighted by Gasteiger charge is 2.38. The van der Waals surface area contributed by atoms with Crippen molar-refractivity contribution < 1.29 is 14.2 Å². The maximum atomic E-state index is 6.08. The molecule has 30 heavy (non-hydrogen) atoms. The van der Waals surface area contributed by atoms with E-state index in [9.17, 15) is 0 Å². The van der Waals surface area contributed by atoms with Crippen molar-refractivity contribution in [2.45, 2.75) is 18.4 Å². The molecule has 0 saturated carbocycles. The van der Waals surface area contributed by atoms with E-state index in [1.165, 1.54) is 11.1 Å². The van der Waals surface area contributed by atoms with Crippen LogP contribution in [0.2, 0.25) is 0 Å². The number of benzene rings is 3. The van der Waals surface area contributed by atoms with Gasteiger partial charge >= 0.3 is 0 Å². The molecular weight excluding hydrogens is 374 g/mol. The molecule has 2 aliphatic rings. The van der Waals surface area contributed by atoms with Crippen LogP contribution < -0.4 is 19.5 Å². The predicted molar refractivity (Wildman–Crippen MR) is 119 cm³/mol. The summed E-state index contributed by atoms with van der Waals surface area (Å²) in [6.45, 7) is 0. The number of allylic oxidation sites excluding steroid dienone is 2. The Labute approximate surface area is 177 Å². The van der Waals surface area contributed by atoms with Crippen molar-refractivity contribution in [1.29, 1.82) is 0 Å². The lowest BCUT2D eigenvalue weighted by Gasteiger charge is -2.37. The van der Waals surface area contributed by atoms with Gasteiger partial charge in [-0.1, -0.05) is 36.4 Å². The van der Waals surface area contributed by atoms with Gasteiger partial charge in [0, 0.05) is 11.6 Å². The Morgan fingerprint density at radius 3 is 2.47 bits per heavy atom. The van der Waals surface area contributed by atoms with E-state index in [4.69, 9.17) is 14.2 Å². The fourth-order valence-corrected chi connectivity index (χ4v) is 4.64. The number of fused-ring (bicyclic) bond motifs is 3. The maximum Gasteiger partial charge on any atom is 0.161 e. The normalized spacial score (nSPS) is 21.3. The van der Waals surface area contributed by atoms with Crippen molar-refractivity contribution in [2.75, 3.05) is 19.5 Å². The van der Waals surface area contributed by atoms with E-state index in [1.54, 1.807) is 14.2 Å². The lowest BCUT2D eigenvalue weighted by atomic mass is 9.77. The summed E-state index contributed by atoms with van der Waals surface area (Å²) >= 11 is 0. The van der Waals surface area contributed by atoms with E-state index in [0.717, 1.165) is 35.1 Å². The molecule has 4 heteroatoms. The highest BCUT2D eigenvalue weighted by Crippen LogP contribution is 2.51. The summed E-state index contributed by atoms with van der Waals surface area (Å²) in [6, 6.07) is 22.7. The third-order valence-electron chi connectivity index (χ3n) is 6.08. The van der Waals surface area contributed by atoms with Gasteiger partial charge < -0.3 is 19.5 Å². The lowest BCUT2D eigenvalue weighted by Crippen LogP contribution is -2.29. The molecule has 0 radical (unpaired) electrons. The Morgan fingerprint density at radius 1 is 0.833 bits per heavy atom. The minimum Gasteiger partial charge on any atom is -0.493 e. The fourth-order valence-electron chi connectivity index (χ4n) is 4.64. The molecule has 0 bridgehead atoms. The molecule has 0 fully saturated rings. The number of rotatable bonds is 5. The van der Waals surface area contributed by atoms with Crippen molar-refractivity contribution in [3.8, 4) is 23.0 Å². The summed E-state index contributed by atoms with van der Waals surface area (Å²) in [5.74, 6) is 4.03. The Morgan fingerprint density at radius 2 is 1.67 bits per heavy atom. The molecule has 0 spiro atoms. The first-order valence-electron chi connectivity index (χ1n) is 10.3. The van der Waals surface area contributed by atoms with Gasteiger partial charge in [-0.15, -0.1) is 0 Å². The van der Waals surface area contributed by atoms with E-state index >= 15 is 0 Å². The van der Waals surface area contributed by atoms with Gasteiger partial charge in [0.25, 0.3) is 0 Å². The van der Waals surface area contributed by atoms with Crippen LogP contribution in [0.4, 0.5) is 5.69 Å². The predicted octanol–water partition coefficient (Wildman–Crippen LogP) is 6.32. The molecule has 1 N–H and O–H groups in total. The summed E-state index contributed by atoms with van der Waals surface area (Å²) in [4.78, 5) is 0. The minimum atomic E-state index is 0.207. The first-order valence-corrected chi connectivity index (χ1v) is 10.3. The second kappa shape index (κ2) is 7.79. The largest absolute Gasteiger partial charge is 0.493 e. The first-order chi connectivity index (χ1) is 14.8. The Balaban J connectivity index is 1.48. The highest BCUT2D eigenvalue weighted by molar-refractivity contribution is 5.62. The van der Waals surface area contributed by atoms with Gasteiger partial charge in [-0.2, -0.15) is 0 Å². The average Bonchev–Trinajstić information content (AvgIpc) is 3.29. The topological polar surface area (TPSA) is 39.7 Å². The molecular formula is C26H25NO3. The van der Waals surface area contributed by atoms with Crippen molar-refractivity contribution in [3.05, 3.63) is 90.0 Å². The van der Waals surface area contributed by atoms with Crippen molar-refractivity contribution in [3.63, 3.8) is 0 Å². The number of anilines is 1. The molecule has 3 atom stereocenters. The van der Waals surface area contributed by atoms with Gasteiger partial charge in [-0.05, 0) is 65.9 Å². The summed E-state index contributed by atoms with van der Waals surface area (Å²) < 4.78 is 17.0. The molecule has 152 valence electrons. The maximum absolute atomic E-state index is 6.08. The third kappa shape index (κ3) is 3.28. The zero-order chi connectivity index (χ0) is 20.5. The van der Waals surface area contributed by atoms with Gasteiger partial charge in [0.15, 0.2) is 11.5 Å². The first kappa shape index (κ1) is 18.6. The second-order valence-corrected chi connectivity index (χ2v) is 7.75. The lowest BCUT2D eigenvalue weighted by molar-refractivity contribution is 0.352. The molecule has 0 amide bonds.